The number of carbonyl (C=O) groups excluding carboxylic acids is 1. The van der Waals surface area contributed by atoms with Crippen LogP contribution in [0.5, 0.6) is 0 Å². The third-order valence-electron chi connectivity index (χ3n) is 4.93. The van der Waals surface area contributed by atoms with Gasteiger partial charge >= 0.3 is 5.97 Å². The topological polar surface area (TPSA) is 84.7 Å². The highest BCUT2D eigenvalue weighted by Crippen LogP contribution is 2.32. The minimum atomic E-state index is -1.08. The number of aromatic nitrogens is 2. The van der Waals surface area contributed by atoms with Crippen LogP contribution in [0.4, 0.5) is 0 Å². The average Bonchev–Trinajstić information content (AvgIpc) is 3.03. The fraction of sp³-hybridized carbons (Fsp3) is 0.421. The van der Waals surface area contributed by atoms with Crippen LogP contribution in [0.25, 0.3) is 5.69 Å². The zero-order valence-corrected chi connectivity index (χ0v) is 16.1. The van der Waals surface area contributed by atoms with Crippen LogP contribution in [0.15, 0.2) is 30.3 Å². The second-order valence-electron chi connectivity index (χ2n) is 6.88. The lowest BCUT2D eigenvalue weighted by molar-refractivity contribution is -0.155. The molecule has 0 aliphatic carbocycles. The van der Waals surface area contributed by atoms with Crippen LogP contribution in [0, 0.1) is 12.3 Å². The molecule has 144 valence electrons. The number of nitrogens with zero attached hydrogens (tertiary/aromatic N) is 3. The lowest BCUT2D eigenvalue weighted by Crippen LogP contribution is -2.52. The lowest BCUT2D eigenvalue weighted by atomic mass is 9.80. The molecule has 1 aliphatic rings. The van der Waals surface area contributed by atoms with Crippen molar-refractivity contribution in [3.63, 3.8) is 0 Å². The Morgan fingerprint density at radius 2 is 2.11 bits per heavy atom. The molecule has 0 spiro atoms. The molecule has 0 radical (unpaired) electrons. The highest BCUT2D eigenvalue weighted by molar-refractivity contribution is 6.32. The molecule has 3 rings (SSSR count). The largest absolute Gasteiger partial charge is 0.481 e. The van der Waals surface area contributed by atoms with E-state index in [0.29, 0.717) is 30.1 Å². The van der Waals surface area contributed by atoms with Gasteiger partial charge in [0.1, 0.15) is 5.41 Å². The van der Waals surface area contributed by atoms with Gasteiger partial charge in [-0.25, -0.2) is 4.68 Å². The van der Waals surface area contributed by atoms with E-state index in [9.17, 15) is 14.7 Å². The number of rotatable bonds is 5. The van der Waals surface area contributed by atoms with E-state index in [-0.39, 0.29) is 24.8 Å². The van der Waals surface area contributed by atoms with E-state index in [1.807, 2.05) is 25.1 Å². The molecule has 1 aliphatic heterocycles. The van der Waals surface area contributed by atoms with Gasteiger partial charge in [-0.05, 0) is 38.0 Å². The van der Waals surface area contributed by atoms with Gasteiger partial charge in [-0.15, -0.1) is 0 Å². The van der Waals surface area contributed by atoms with Gasteiger partial charge in [0.25, 0.3) is 5.91 Å². The number of amides is 1. The van der Waals surface area contributed by atoms with Crippen LogP contribution in [0.2, 0.25) is 5.02 Å². The molecule has 1 aromatic heterocycles. The van der Waals surface area contributed by atoms with Gasteiger partial charge in [0, 0.05) is 25.9 Å². The van der Waals surface area contributed by atoms with Crippen molar-refractivity contribution in [2.75, 3.05) is 26.8 Å². The van der Waals surface area contributed by atoms with Crippen molar-refractivity contribution in [2.45, 2.75) is 19.8 Å². The highest BCUT2D eigenvalue weighted by atomic mass is 35.5. The Bertz CT molecular complexity index is 862. The van der Waals surface area contributed by atoms with Crippen LogP contribution >= 0.6 is 11.6 Å². The number of carbonyl (C=O) groups is 2. The predicted octanol–water partition coefficient (Wildman–Crippen LogP) is 2.79. The number of carboxylic acid groups (broad SMARTS) is 1. The van der Waals surface area contributed by atoms with Crippen molar-refractivity contribution in [3.8, 4) is 5.69 Å². The third kappa shape index (κ3) is 3.70. The molecule has 8 heteroatoms. The summed E-state index contributed by atoms with van der Waals surface area (Å²) in [6.07, 6.45) is 1.08. The first-order valence-corrected chi connectivity index (χ1v) is 9.09. The van der Waals surface area contributed by atoms with E-state index in [2.05, 4.69) is 5.10 Å². The van der Waals surface area contributed by atoms with E-state index in [1.165, 1.54) is 7.11 Å². The fourth-order valence-corrected chi connectivity index (χ4v) is 3.76. The molecule has 1 amide bonds. The molecular weight excluding hydrogens is 370 g/mol. The van der Waals surface area contributed by atoms with E-state index in [0.717, 1.165) is 5.69 Å². The quantitative estimate of drug-likeness (QED) is 0.847. The van der Waals surface area contributed by atoms with Crippen molar-refractivity contribution in [1.29, 1.82) is 0 Å². The summed E-state index contributed by atoms with van der Waals surface area (Å²) in [5, 5.41) is 14.6. The Hall–Kier alpha value is -2.38. The molecule has 27 heavy (non-hydrogen) atoms. The fourth-order valence-electron chi connectivity index (χ4n) is 3.54. The molecule has 1 saturated heterocycles. The number of halogens is 1. The second kappa shape index (κ2) is 7.70. The Morgan fingerprint density at radius 3 is 2.78 bits per heavy atom. The number of benzene rings is 1. The zero-order valence-electron chi connectivity index (χ0n) is 15.3. The maximum atomic E-state index is 13.0. The number of hydrogen-bond acceptors (Lipinski definition) is 4. The lowest BCUT2D eigenvalue weighted by Gasteiger charge is -2.39. The number of para-hydroxylation sites is 1. The van der Waals surface area contributed by atoms with Gasteiger partial charge in [-0.3, -0.25) is 9.59 Å². The molecule has 0 bridgehead atoms. The Balaban J connectivity index is 1.87. The molecular formula is C19H22ClN3O4. The zero-order chi connectivity index (χ0) is 19.6. The first kappa shape index (κ1) is 19.4. The summed E-state index contributed by atoms with van der Waals surface area (Å²) in [5.41, 5.74) is 0.646. The van der Waals surface area contributed by atoms with Crippen molar-refractivity contribution in [3.05, 3.63) is 46.7 Å². The standard InChI is InChI=1S/C19H22ClN3O4/c1-13-10-15(21-23(13)16-7-4-3-6-14(16)20)17(24)22-9-5-8-19(11-22,12-27-2)18(25)26/h3-4,6-7,10H,5,8-9,11-12H2,1-2H3,(H,25,26). The molecule has 2 heterocycles. The summed E-state index contributed by atoms with van der Waals surface area (Å²) >= 11 is 6.24. The summed E-state index contributed by atoms with van der Waals surface area (Å²) < 4.78 is 6.74. The molecule has 1 unspecified atom stereocenters. The molecule has 1 N–H and O–H groups in total. The van der Waals surface area contributed by atoms with Crippen LogP contribution in [0.1, 0.15) is 29.0 Å². The molecule has 0 saturated carbocycles. The van der Waals surface area contributed by atoms with Gasteiger partial charge in [0.05, 0.1) is 17.3 Å². The van der Waals surface area contributed by atoms with Crippen LogP contribution < -0.4 is 0 Å². The monoisotopic (exact) mass is 391 g/mol. The molecule has 1 atom stereocenters. The maximum absolute atomic E-state index is 13.0. The van der Waals surface area contributed by atoms with Crippen molar-refractivity contribution >= 4 is 23.5 Å². The first-order chi connectivity index (χ1) is 12.9. The first-order valence-electron chi connectivity index (χ1n) is 8.71. The molecule has 2 aromatic rings. The van der Waals surface area contributed by atoms with E-state index >= 15 is 0 Å². The van der Waals surface area contributed by atoms with Crippen LogP contribution in [-0.2, 0) is 9.53 Å². The summed E-state index contributed by atoms with van der Waals surface area (Å²) in [5.74, 6) is -1.23. The van der Waals surface area contributed by atoms with Crippen LogP contribution in [0.3, 0.4) is 0 Å². The number of aryl methyl sites for hydroxylation is 1. The maximum Gasteiger partial charge on any atom is 0.313 e. The number of carboxylic acids is 1. The number of piperidine rings is 1. The molecule has 7 nitrogen and oxygen atoms in total. The van der Waals surface area contributed by atoms with Gasteiger partial charge in [-0.2, -0.15) is 5.10 Å². The smallest absolute Gasteiger partial charge is 0.313 e. The van der Waals surface area contributed by atoms with Crippen molar-refractivity contribution < 1.29 is 19.4 Å². The van der Waals surface area contributed by atoms with Crippen molar-refractivity contribution in [1.82, 2.24) is 14.7 Å². The Kier molecular flexibility index (Phi) is 5.53. The normalized spacial score (nSPS) is 19.9. The molecule has 1 fully saturated rings. The van der Waals surface area contributed by atoms with Gasteiger partial charge in [0.2, 0.25) is 0 Å². The Morgan fingerprint density at radius 1 is 1.37 bits per heavy atom. The SMILES string of the molecule is COCC1(C(=O)O)CCCN(C(=O)c2cc(C)n(-c3ccccc3Cl)n2)C1. The summed E-state index contributed by atoms with van der Waals surface area (Å²) in [4.78, 5) is 26.3. The van der Waals surface area contributed by atoms with Gasteiger partial charge in [0.15, 0.2) is 5.69 Å². The van der Waals surface area contributed by atoms with Gasteiger partial charge in [-0.1, -0.05) is 23.7 Å². The van der Waals surface area contributed by atoms with E-state index < -0.39 is 11.4 Å². The van der Waals surface area contributed by atoms with Gasteiger partial charge < -0.3 is 14.7 Å². The van der Waals surface area contributed by atoms with Crippen LogP contribution in [-0.4, -0.2) is 58.5 Å². The number of hydrogen-bond donors (Lipinski definition) is 1. The third-order valence-corrected chi connectivity index (χ3v) is 5.25. The number of likely N-dealkylation sites (tertiary alicyclic amines) is 1. The summed E-state index contributed by atoms with van der Waals surface area (Å²) in [6.45, 7) is 2.51. The minimum absolute atomic E-state index is 0.0687. The number of methoxy groups -OCH3 is 1. The average molecular weight is 392 g/mol. The molecule has 1 aromatic carbocycles. The summed E-state index contributed by atoms with van der Waals surface area (Å²) in [7, 11) is 1.47. The number of ether oxygens (including phenoxy) is 1. The summed E-state index contributed by atoms with van der Waals surface area (Å²) in [6, 6.07) is 8.95. The predicted molar refractivity (Wildman–Crippen MR) is 100 cm³/mol. The van der Waals surface area contributed by atoms with Crippen molar-refractivity contribution in [2.24, 2.45) is 5.41 Å². The minimum Gasteiger partial charge on any atom is -0.481 e. The van der Waals surface area contributed by atoms with E-state index in [4.69, 9.17) is 16.3 Å². The van der Waals surface area contributed by atoms with E-state index in [1.54, 1.807) is 21.7 Å². The highest BCUT2D eigenvalue weighted by Gasteiger charge is 2.44. The Labute approximate surface area is 162 Å². The number of aliphatic carboxylic acids is 1. The second-order valence-corrected chi connectivity index (χ2v) is 7.29.